The van der Waals surface area contributed by atoms with Crippen LogP contribution in [-0.2, 0) is 0 Å². The maximum absolute atomic E-state index is 12.3. The molecular weight excluding hydrogens is 264 g/mol. The number of aryl methyl sites for hydroxylation is 1. The van der Waals surface area contributed by atoms with Crippen LogP contribution >= 0.6 is 0 Å². The molecule has 1 aliphatic heterocycles. The molecule has 1 aromatic carbocycles. The van der Waals surface area contributed by atoms with E-state index in [0.29, 0.717) is 11.5 Å². The average Bonchev–Trinajstić information content (AvgIpc) is 3.03. The Labute approximate surface area is 124 Å². The molecule has 5 nitrogen and oxygen atoms in total. The average molecular weight is 282 g/mol. The van der Waals surface area contributed by atoms with Crippen molar-refractivity contribution in [2.75, 3.05) is 18.4 Å². The Balaban J connectivity index is 1.76. The van der Waals surface area contributed by atoms with Crippen molar-refractivity contribution < 1.29 is 4.79 Å². The van der Waals surface area contributed by atoms with Crippen molar-refractivity contribution in [3.8, 4) is 0 Å². The third-order valence-corrected chi connectivity index (χ3v) is 3.60. The second kappa shape index (κ2) is 5.91. The molecule has 0 atom stereocenters. The molecule has 108 valence electrons. The number of nitrogens with one attached hydrogen (secondary N) is 1. The molecular formula is C16H18N4O. The highest BCUT2D eigenvalue weighted by molar-refractivity contribution is 5.93. The number of anilines is 2. The summed E-state index contributed by atoms with van der Waals surface area (Å²) in [6.45, 7) is 3.69. The topological polar surface area (TPSA) is 58.1 Å². The Morgan fingerprint density at radius 2 is 1.86 bits per heavy atom. The smallest absolute Gasteiger partial charge is 0.272 e. The molecule has 2 heterocycles. The van der Waals surface area contributed by atoms with Crippen LogP contribution < -0.4 is 5.32 Å². The first-order chi connectivity index (χ1) is 10.2. The molecule has 0 saturated carbocycles. The van der Waals surface area contributed by atoms with Gasteiger partial charge in [-0.2, -0.15) is 0 Å². The SMILES string of the molecule is Cc1ccc(Nc2cc(C(=O)N3CCCC3)ncn2)cc1. The van der Waals surface area contributed by atoms with Gasteiger partial charge in [0.15, 0.2) is 0 Å². The fourth-order valence-electron chi connectivity index (χ4n) is 2.41. The van der Waals surface area contributed by atoms with Gasteiger partial charge in [-0.25, -0.2) is 9.97 Å². The molecule has 1 amide bonds. The molecule has 2 aromatic rings. The van der Waals surface area contributed by atoms with E-state index in [4.69, 9.17) is 0 Å². The summed E-state index contributed by atoms with van der Waals surface area (Å²) in [5, 5.41) is 3.20. The van der Waals surface area contributed by atoms with Crippen molar-refractivity contribution in [1.29, 1.82) is 0 Å². The van der Waals surface area contributed by atoms with Crippen LogP contribution in [0.5, 0.6) is 0 Å². The first kappa shape index (κ1) is 13.5. The lowest BCUT2D eigenvalue weighted by Crippen LogP contribution is -2.28. The van der Waals surface area contributed by atoms with E-state index in [2.05, 4.69) is 15.3 Å². The van der Waals surface area contributed by atoms with E-state index in [1.165, 1.54) is 11.9 Å². The number of hydrogen-bond donors (Lipinski definition) is 1. The zero-order chi connectivity index (χ0) is 14.7. The molecule has 0 aliphatic carbocycles. The summed E-state index contributed by atoms with van der Waals surface area (Å²) in [5.41, 5.74) is 2.59. The molecule has 1 saturated heterocycles. The van der Waals surface area contributed by atoms with Crippen molar-refractivity contribution in [1.82, 2.24) is 14.9 Å². The minimum Gasteiger partial charge on any atom is -0.340 e. The molecule has 0 bridgehead atoms. The van der Waals surface area contributed by atoms with Crippen molar-refractivity contribution in [3.63, 3.8) is 0 Å². The lowest BCUT2D eigenvalue weighted by atomic mass is 10.2. The predicted molar refractivity (Wildman–Crippen MR) is 81.6 cm³/mol. The first-order valence-electron chi connectivity index (χ1n) is 7.17. The Bertz CT molecular complexity index is 633. The van der Waals surface area contributed by atoms with Gasteiger partial charge in [-0.05, 0) is 31.9 Å². The minimum atomic E-state index is -0.0122. The Morgan fingerprint density at radius 1 is 1.14 bits per heavy atom. The Morgan fingerprint density at radius 3 is 2.57 bits per heavy atom. The zero-order valence-electron chi connectivity index (χ0n) is 12.0. The van der Waals surface area contributed by atoms with Crippen LogP contribution in [0, 0.1) is 6.92 Å². The van der Waals surface area contributed by atoms with Gasteiger partial charge < -0.3 is 10.2 Å². The van der Waals surface area contributed by atoms with E-state index < -0.39 is 0 Å². The van der Waals surface area contributed by atoms with Gasteiger partial charge in [-0.1, -0.05) is 17.7 Å². The second-order valence-electron chi connectivity index (χ2n) is 5.28. The number of rotatable bonds is 3. The third kappa shape index (κ3) is 3.18. The number of amides is 1. The summed E-state index contributed by atoms with van der Waals surface area (Å²) in [6.07, 6.45) is 3.58. The summed E-state index contributed by atoms with van der Waals surface area (Å²) in [5.74, 6) is 0.623. The van der Waals surface area contributed by atoms with Gasteiger partial charge in [0, 0.05) is 24.8 Å². The summed E-state index contributed by atoms with van der Waals surface area (Å²) in [7, 11) is 0. The van der Waals surface area contributed by atoms with E-state index in [9.17, 15) is 4.79 Å². The highest BCUT2D eigenvalue weighted by Crippen LogP contribution is 2.17. The first-order valence-corrected chi connectivity index (χ1v) is 7.17. The van der Waals surface area contributed by atoms with Crippen molar-refractivity contribution in [3.05, 3.63) is 47.9 Å². The van der Waals surface area contributed by atoms with Crippen LogP contribution in [0.15, 0.2) is 36.7 Å². The molecule has 5 heteroatoms. The van der Waals surface area contributed by atoms with Gasteiger partial charge in [0.25, 0.3) is 5.91 Å². The van der Waals surface area contributed by atoms with Crippen LogP contribution in [0.4, 0.5) is 11.5 Å². The van der Waals surface area contributed by atoms with Gasteiger partial charge in [0.05, 0.1) is 0 Å². The van der Waals surface area contributed by atoms with Crippen LogP contribution in [0.1, 0.15) is 28.9 Å². The number of benzene rings is 1. The van der Waals surface area contributed by atoms with Crippen molar-refractivity contribution >= 4 is 17.4 Å². The monoisotopic (exact) mass is 282 g/mol. The van der Waals surface area contributed by atoms with Gasteiger partial charge >= 0.3 is 0 Å². The molecule has 1 aliphatic rings. The number of likely N-dealkylation sites (tertiary alicyclic amines) is 1. The zero-order valence-corrected chi connectivity index (χ0v) is 12.0. The van der Waals surface area contributed by atoms with E-state index in [1.807, 2.05) is 36.1 Å². The highest BCUT2D eigenvalue weighted by Gasteiger charge is 2.20. The van der Waals surface area contributed by atoms with Gasteiger partial charge in [-0.3, -0.25) is 4.79 Å². The quantitative estimate of drug-likeness (QED) is 0.940. The summed E-state index contributed by atoms with van der Waals surface area (Å²) < 4.78 is 0. The molecule has 1 aromatic heterocycles. The molecule has 0 spiro atoms. The van der Waals surface area contributed by atoms with Crippen LogP contribution in [0.3, 0.4) is 0 Å². The lowest BCUT2D eigenvalue weighted by molar-refractivity contribution is 0.0787. The Hall–Kier alpha value is -2.43. The fourth-order valence-corrected chi connectivity index (χ4v) is 2.41. The summed E-state index contributed by atoms with van der Waals surface area (Å²) in [6, 6.07) is 9.74. The lowest BCUT2D eigenvalue weighted by Gasteiger charge is -2.14. The summed E-state index contributed by atoms with van der Waals surface area (Å²) in [4.78, 5) is 22.4. The largest absolute Gasteiger partial charge is 0.340 e. The molecule has 1 fully saturated rings. The minimum absolute atomic E-state index is 0.0122. The Kier molecular flexibility index (Phi) is 3.81. The van der Waals surface area contributed by atoms with Crippen molar-refractivity contribution in [2.45, 2.75) is 19.8 Å². The van der Waals surface area contributed by atoms with Crippen molar-refractivity contribution in [2.24, 2.45) is 0 Å². The van der Waals surface area contributed by atoms with Gasteiger partial charge in [0.1, 0.15) is 17.8 Å². The normalized spacial score (nSPS) is 14.2. The van der Waals surface area contributed by atoms with Gasteiger partial charge in [0.2, 0.25) is 0 Å². The standard InChI is InChI=1S/C16H18N4O/c1-12-4-6-13(7-5-12)19-15-10-14(17-11-18-15)16(21)20-8-2-3-9-20/h4-7,10-11H,2-3,8-9H2,1H3,(H,17,18,19). The second-order valence-corrected chi connectivity index (χ2v) is 5.28. The van der Waals surface area contributed by atoms with E-state index in [-0.39, 0.29) is 5.91 Å². The number of aromatic nitrogens is 2. The number of carbonyl (C=O) groups excluding carboxylic acids is 1. The fraction of sp³-hybridized carbons (Fsp3) is 0.312. The van der Waals surface area contributed by atoms with Gasteiger partial charge in [-0.15, -0.1) is 0 Å². The van der Waals surface area contributed by atoms with Crippen LogP contribution in [0.25, 0.3) is 0 Å². The van der Waals surface area contributed by atoms with Crippen LogP contribution in [-0.4, -0.2) is 33.9 Å². The molecule has 0 unspecified atom stereocenters. The summed E-state index contributed by atoms with van der Waals surface area (Å²) >= 11 is 0. The molecule has 1 N–H and O–H groups in total. The van der Waals surface area contributed by atoms with E-state index in [0.717, 1.165) is 31.6 Å². The third-order valence-electron chi connectivity index (χ3n) is 3.60. The van der Waals surface area contributed by atoms with Crippen LogP contribution in [0.2, 0.25) is 0 Å². The number of nitrogens with zero attached hydrogens (tertiary/aromatic N) is 3. The number of carbonyl (C=O) groups is 1. The van der Waals surface area contributed by atoms with E-state index in [1.54, 1.807) is 6.07 Å². The maximum Gasteiger partial charge on any atom is 0.272 e. The highest BCUT2D eigenvalue weighted by atomic mass is 16.2. The molecule has 21 heavy (non-hydrogen) atoms. The van der Waals surface area contributed by atoms with E-state index >= 15 is 0 Å². The predicted octanol–water partition coefficient (Wildman–Crippen LogP) is 2.76. The molecule has 0 radical (unpaired) electrons. The molecule has 3 rings (SSSR count). The maximum atomic E-state index is 12.3. The number of hydrogen-bond acceptors (Lipinski definition) is 4.